The van der Waals surface area contributed by atoms with E-state index < -0.39 is 18.2 Å². The highest BCUT2D eigenvalue weighted by atomic mass is 35.5. The first-order valence-electron chi connectivity index (χ1n) is 6.81. The monoisotopic (exact) mass is 321 g/mol. The molecule has 2 atom stereocenters. The summed E-state index contributed by atoms with van der Waals surface area (Å²) in [6, 6.07) is 4.17. The Kier molecular flexibility index (Phi) is 3.58. The van der Waals surface area contributed by atoms with Gasteiger partial charge in [-0.05, 0) is 37.0 Å². The number of aliphatic hydroxyl groups excluding tert-OH is 1. The van der Waals surface area contributed by atoms with Crippen LogP contribution < -0.4 is 5.32 Å². The second-order valence-electron chi connectivity index (χ2n) is 5.61. The first kappa shape index (κ1) is 14.9. The second kappa shape index (κ2) is 5.04. The molecule has 7 heteroatoms. The summed E-state index contributed by atoms with van der Waals surface area (Å²) >= 11 is 5.85. The standard InChI is InChI=1S/C14H15ClF3NO2/c15-9-3-4-11-10(7-9)13(14(16,17)18,21-12(20)19-11)6-5-8-1-2-8/h3-4,7-8,12,19-20H,1-2,5-6H2/t12?,13-/m0/s1. The van der Waals surface area contributed by atoms with Gasteiger partial charge in [0.2, 0.25) is 6.41 Å². The molecule has 1 heterocycles. The first-order chi connectivity index (χ1) is 9.82. The summed E-state index contributed by atoms with van der Waals surface area (Å²) in [6.45, 7) is 0. The normalized spacial score (nSPS) is 28.9. The highest BCUT2D eigenvalue weighted by molar-refractivity contribution is 6.30. The van der Waals surface area contributed by atoms with Crippen molar-refractivity contribution in [1.82, 2.24) is 0 Å². The van der Waals surface area contributed by atoms with Gasteiger partial charge in [-0.25, -0.2) is 0 Å². The zero-order valence-corrected chi connectivity index (χ0v) is 11.8. The minimum absolute atomic E-state index is 0.0616. The molecule has 3 nitrogen and oxygen atoms in total. The van der Waals surface area contributed by atoms with Gasteiger partial charge >= 0.3 is 6.18 Å². The number of alkyl halides is 3. The van der Waals surface area contributed by atoms with Crippen LogP contribution in [0.1, 0.15) is 31.2 Å². The molecule has 0 spiro atoms. The lowest BCUT2D eigenvalue weighted by Crippen LogP contribution is -2.52. The average Bonchev–Trinajstić information content (AvgIpc) is 3.19. The summed E-state index contributed by atoms with van der Waals surface area (Å²) in [5.41, 5.74) is -2.37. The Hall–Kier alpha value is -0.980. The van der Waals surface area contributed by atoms with Crippen molar-refractivity contribution in [2.24, 2.45) is 5.92 Å². The zero-order chi connectivity index (χ0) is 15.3. The van der Waals surface area contributed by atoms with Crippen LogP contribution in [-0.2, 0) is 10.3 Å². The van der Waals surface area contributed by atoms with Gasteiger partial charge in [0.25, 0.3) is 0 Å². The number of halogens is 4. The van der Waals surface area contributed by atoms with E-state index in [9.17, 15) is 18.3 Å². The fraction of sp³-hybridized carbons (Fsp3) is 0.571. The minimum Gasteiger partial charge on any atom is -0.351 e. The topological polar surface area (TPSA) is 41.5 Å². The van der Waals surface area contributed by atoms with Gasteiger partial charge in [-0.3, -0.25) is 0 Å². The van der Waals surface area contributed by atoms with E-state index in [1.807, 2.05) is 0 Å². The van der Waals surface area contributed by atoms with Crippen molar-refractivity contribution >= 4 is 17.3 Å². The van der Waals surface area contributed by atoms with Crippen LogP contribution in [0.25, 0.3) is 0 Å². The fourth-order valence-corrected chi connectivity index (χ4v) is 2.93. The van der Waals surface area contributed by atoms with Gasteiger partial charge in [0.15, 0.2) is 5.60 Å². The molecule has 1 aromatic rings. The van der Waals surface area contributed by atoms with Gasteiger partial charge < -0.3 is 15.2 Å². The minimum atomic E-state index is -4.63. The summed E-state index contributed by atoms with van der Waals surface area (Å²) in [5.74, 6) is 0.322. The maximum atomic E-state index is 13.7. The van der Waals surface area contributed by atoms with Crippen molar-refractivity contribution in [2.45, 2.75) is 43.9 Å². The maximum Gasteiger partial charge on any atom is 0.421 e. The Bertz CT molecular complexity index is 548. The van der Waals surface area contributed by atoms with Crippen LogP contribution in [0.2, 0.25) is 5.02 Å². The summed E-state index contributed by atoms with van der Waals surface area (Å²) in [7, 11) is 0. The molecule has 0 radical (unpaired) electrons. The number of hydrogen-bond acceptors (Lipinski definition) is 3. The number of anilines is 1. The van der Waals surface area contributed by atoms with Crippen molar-refractivity contribution in [3.63, 3.8) is 0 Å². The Morgan fingerprint density at radius 2 is 2.10 bits per heavy atom. The van der Waals surface area contributed by atoms with E-state index in [4.69, 9.17) is 16.3 Å². The van der Waals surface area contributed by atoms with Crippen molar-refractivity contribution < 1.29 is 23.0 Å². The van der Waals surface area contributed by atoms with Crippen molar-refractivity contribution in [3.05, 3.63) is 28.8 Å². The predicted octanol–water partition coefficient (Wildman–Crippen LogP) is 4.01. The maximum absolute atomic E-state index is 13.7. The van der Waals surface area contributed by atoms with E-state index in [0.717, 1.165) is 12.8 Å². The van der Waals surface area contributed by atoms with Crippen molar-refractivity contribution in [2.75, 3.05) is 5.32 Å². The molecule has 1 aliphatic heterocycles. The molecule has 0 aromatic heterocycles. The lowest BCUT2D eigenvalue weighted by Gasteiger charge is -2.42. The molecule has 3 rings (SSSR count). The number of rotatable bonds is 3. The third-order valence-corrected chi connectivity index (χ3v) is 4.30. The SMILES string of the molecule is OC1Nc2ccc(Cl)cc2[C@@](CCC2CC2)(C(F)(F)F)O1. The van der Waals surface area contributed by atoms with E-state index in [0.29, 0.717) is 12.3 Å². The number of aliphatic hydroxyl groups is 1. The molecule has 1 fully saturated rings. The molecule has 1 aliphatic carbocycles. The zero-order valence-electron chi connectivity index (χ0n) is 11.1. The van der Waals surface area contributed by atoms with Gasteiger partial charge in [0.1, 0.15) is 0 Å². The fourth-order valence-electron chi connectivity index (χ4n) is 2.76. The number of benzene rings is 1. The number of fused-ring (bicyclic) bond motifs is 1. The van der Waals surface area contributed by atoms with E-state index in [1.54, 1.807) is 0 Å². The van der Waals surface area contributed by atoms with Gasteiger partial charge in [-0.1, -0.05) is 24.4 Å². The van der Waals surface area contributed by atoms with Crippen LogP contribution >= 0.6 is 11.6 Å². The highest BCUT2D eigenvalue weighted by Gasteiger charge is 2.60. The molecule has 21 heavy (non-hydrogen) atoms. The molecule has 0 bridgehead atoms. The van der Waals surface area contributed by atoms with Crippen LogP contribution in [0, 0.1) is 5.92 Å². The second-order valence-corrected chi connectivity index (χ2v) is 6.05. The quantitative estimate of drug-likeness (QED) is 0.884. The molecule has 116 valence electrons. The summed E-state index contributed by atoms with van der Waals surface area (Å²) < 4.78 is 46.2. The average molecular weight is 322 g/mol. The third kappa shape index (κ3) is 2.72. The molecule has 2 aliphatic rings. The van der Waals surface area contributed by atoms with E-state index in [2.05, 4.69) is 5.32 Å². The summed E-state index contributed by atoms with van der Waals surface area (Å²) in [4.78, 5) is 0. The lowest BCUT2D eigenvalue weighted by molar-refractivity contribution is -0.325. The number of ether oxygens (including phenoxy) is 1. The Labute approximate surface area is 125 Å². The van der Waals surface area contributed by atoms with E-state index >= 15 is 0 Å². The summed E-state index contributed by atoms with van der Waals surface area (Å²) in [6.07, 6.45) is -4.22. The van der Waals surface area contributed by atoms with Crippen LogP contribution in [0.3, 0.4) is 0 Å². The molecule has 0 amide bonds. The molecule has 1 unspecified atom stereocenters. The number of nitrogens with one attached hydrogen (secondary N) is 1. The van der Waals surface area contributed by atoms with E-state index in [-0.39, 0.29) is 22.7 Å². The van der Waals surface area contributed by atoms with Crippen LogP contribution in [-0.4, -0.2) is 17.7 Å². The largest absolute Gasteiger partial charge is 0.421 e. The Balaban J connectivity index is 2.06. The van der Waals surface area contributed by atoms with Gasteiger partial charge in [0.05, 0.1) is 0 Å². The first-order valence-corrected chi connectivity index (χ1v) is 7.19. The van der Waals surface area contributed by atoms with E-state index in [1.165, 1.54) is 18.2 Å². The van der Waals surface area contributed by atoms with Crippen molar-refractivity contribution in [3.8, 4) is 0 Å². The molecule has 2 N–H and O–H groups in total. The van der Waals surface area contributed by atoms with Gasteiger partial charge in [0, 0.05) is 16.3 Å². The number of hydrogen-bond donors (Lipinski definition) is 2. The van der Waals surface area contributed by atoms with Crippen LogP contribution in [0.15, 0.2) is 18.2 Å². The smallest absolute Gasteiger partial charge is 0.351 e. The molecule has 1 saturated carbocycles. The van der Waals surface area contributed by atoms with Crippen molar-refractivity contribution in [1.29, 1.82) is 0 Å². The van der Waals surface area contributed by atoms with Crippen LogP contribution in [0.5, 0.6) is 0 Å². The highest BCUT2D eigenvalue weighted by Crippen LogP contribution is 2.53. The molecular formula is C14H15ClF3NO2. The Morgan fingerprint density at radius 3 is 2.71 bits per heavy atom. The predicted molar refractivity (Wildman–Crippen MR) is 71.9 cm³/mol. The third-order valence-electron chi connectivity index (χ3n) is 4.07. The van der Waals surface area contributed by atoms with Gasteiger partial charge in [-0.2, -0.15) is 13.2 Å². The molecule has 0 saturated heterocycles. The molecular weight excluding hydrogens is 307 g/mol. The Morgan fingerprint density at radius 1 is 1.38 bits per heavy atom. The van der Waals surface area contributed by atoms with Gasteiger partial charge in [-0.15, -0.1) is 0 Å². The molecule has 1 aromatic carbocycles. The summed E-state index contributed by atoms with van der Waals surface area (Å²) in [5, 5.41) is 12.3. The van der Waals surface area contributed by atoms with Crippen LogP contribution in [0.4, 0.5) is 18.9 Å². The lowest BCUT2D eigenvalue weighted by atomic mass is 9.85.